The normalized spacial score (nSPS) is 11.1. The number of methoxy groups -OCH3 is 1. The number of thiophene rings is 1. The Balaban J connectivity index is 2.12. The number of aromatic nitrogens is 2. The molecule has 9 nitrogen and oxygen atoms in total. The number of aryl methyl sites for hydroxylation is 2. The van der Waals surface area contributed by atoms with Gasteiger partial charge in [0.05, 0.1) is 35.5 Å². The van der Waals surface area contributed by atoms with E-state index in [-0.39, 0.29) is 24.6 Å². The van der Waals surface area contributed by atoms with Gasteiger partial charge in [0, 0.05) is 6.54 Å². The van der Waals surface area contributed by atoms with Crippen LogP contribution in [0.5, 0.6) is 0 Å². The second-order valence-corrected chi connectivity index (χ2v) is 6.83. The van der Waals surface area contributed by atoms with E-state index in [0.29, 0.717) is 22.2 Å². The summed E-state index contributed by atoms with van der Waals surface area (Å²) in [5.41, 5.74) is 1.07. The molecule has 0 bridgehead atoms. The van der Waals surface area contributed by atoms with Gasteiger partial charge in [-0.1, -0.05) is 12.0 Å². The molecule has 0 saturated heterocycles. The number of terminal acetylenes is 1. The molecule has 2 rings (SSSR count). The molecule has 10 heteroatoms. The van der Waals surface area contributed by atoms with E-state index in [2.05, 4.69) is 31.8 Å². The zero-order chi connectivity index (χ0) is 21.4. The van der Waals surface area contributed by atoms with Crippen molar-refractivity contribution < 1.29 is 19.1 Å². The first-order chi connectivity index (χ1) is 13.9. The van der Waals surface area contributed by atoms with E-state index in [9.17, 15) is 14.4 Å². The molecule has 0 saturated carbocycles. The monoisotopic (exact) mass is 415 g/mol. The van der Waals surface area contributed by atoms with Crippen molar-refractivity contribution in [3.05, 3.63) is 39.3 Å². The number of anilines is 1. The minimum atomic E-state index is -1.07. The van der Waals surface area contributed by atoms with E-state index >= 15 is 0 Å². The Bertz CT molecular complexity index is 914. The molecule has 2 heterocycles. The third kappa shape index (κ3) is 5.76. The van der Waals surface area contributed by atoms with Gasteiger partial charge in [0.2, 0.25) is 5.95 Å². The van der Waals surface area contributed by atoms with Crippen LogP contribution in [0.4, 0.5) is 5.95 Å². The summed E-state index contributed by atoms with van der Waals surface area (Å²) in [4.78, 5) is 45.8. The van der Waals surface area contributed by atoms with Crippen LogP contribution in [0.25, 0.3) is 0 Å². The van der Waals surface area contributed by atoms with Gasteiger partial charge in [-0.15, -0.1) is 17.8 Å². The summed E-state index contributed by atoms with van der Waals surface area (Å²) in [6.07, 6.45) is 5.20. The lowest BCUT2D eigenvalue weighted by Gasteiger charge is -2.18. The minimum absolute atomic E-state index is 0.129. The largest absolute Gasteiger partial charge is 0.467 e. The number of hydrogen-bond donors (Lipinski definition) is 3. The van der Waals surface area contributed by atoms with Crippen LogP contribution in [0.3, 0.4) is 0 Å². The third-order valence-electron chi connectivity index (χ3n) is 3.85. The van der Waals surface area contributed by atoms with Gasteiger partial charge in [-0.25, -0.2) is 14.8 Å². The van der Waals surface area contributed by atoms with Gasteiger partial charge in [0.15, 0.2) is 0 Å². The van der Waals surface area contributed by atoms with Gasteiger partial charge in [-0.3, -0.25) is 9.59 Å². The fourth-order valence-corrected chi connectivity index (χ4v) is 3.15. The van der Waals surface area contributed by atoms with E-state index in [1.807, 2.05) is 0 Å². The van der Waals surface area contributed by atoms with Crippen molar-refractivity contribution in [1.29, 1.82) is 0 Å². The molecule has 0 spiro atoms. The van der Waals surface area contributed by atoms with Crippen LogP contribution in [0, 0.1) is 26.2 Å². The number of nitrogens with one attached hydrogen (secondary N) is 3. The van der Waals surface area contributed by atoms with Gasteiger partial charge in [0.1, 0.15) is 6.04 Å². The lowest BCUT2D eigenvalue weighted by Crippen LogP contribution is -2.49. The zero-order valence-corrected chi connectivity index (χ0v) is 17.1. The SMILES string of the molecule is C#CCNc1nc(C)c(C(=O)NC(CNC(=O)c2cccs2)C(=O)OC)c(C)n1. The molecule has 1 atom stereocenters. The molecule has 2 aromatic heterocycles. The lowest BCUT2D eigenvalue weighted by molar-refractivity contribution is -0.142. The molecule has 29 heavy (non-hydrogen) atoms. The quantitative estimate of drug-likeness (QED) is 0.432. The van der Waals surface area contributed by atoms with E-state index in [0.717, 1.165) is 0 Å². The zero-order valence-electron chi connectivity index (χ0n) is 16.2. The number of amides is 2. The topological polar surface area (TPSA) is 122 Å². The summed E-state index contributed by atoms with van der Waals surface area (Å²) in [7, 11) is 1.20. The number of carbonyl (C=O) groups is 3. The highest BCUT2D eigenvalue weighted by Gasteiger charge is 2.25. The van der Waals surface area contributed by atoms with Gasteiger partial charge in [0.25, 0.3) is 11.8 Å². The molecule has 0 aliphatic carbocycles. The minimum Gasteiger partial charge on any atom is -0.467 e. The standard InChI is InChI=1S/C19H21N5O4S/c1-5-8-20-19-22-11(2)15(12(3)23-19)17(26)24-13(18(27)28-4)10-21-16(25)14-7-6-9-29-14/h1,6-7,9,13H,8,10H2,2-4H3,(H,21,25)(H,24,26)(H,20,22,23). The molecule has 152 valence electrons. The Hall–Kier alpha value is -3.45. The Morgan fingerprint density at radius 3 is 2.48 bits per heavy atom. The van der Waals surface area contributed by atoms with Crippen LogP contribution in [0.15, 0.2) is 17.5 Å². The van der Waals surface area contributed by atoms with Gasteiger partial charge in [-0.2, -0.15) is 0 Å². The molecular weight excluding hydrogens is 394 g/mol. The molecule has 0 aromatic carbocycles. The molecule has 0 aliphatic heterocycles. The molecule has 1 unspecified atom stereocenters. The highest BCUT2D eigenvalue weighted by molar-refractivity contribution is 7.12. The van der Waals surface area contributed by atoms with Crippen LogP contribution in [0.2, 0.25) is 0 Å². The van der Waals surface area contributed by atoms with E-state index in [1.165, 1.54) is 18.4 Å². The van der Waals surface area contributed by atoms with Gasteiger partial charge in [-0.05, 0) is 25.3 Å². The summed E-state index contributed by atoms with van der Waals surface area (Å²) in [5.74, 6) is 1.14. The average Bonchev–Trinajstić information content (AvgIpc) is 3.23. The second-order valence-electron chi connectivity index (χ2n) is 5.89. The summed E-state index contributed by atoms with van der Waals surface area (Å²) >= 11 is 1.27. The number of ether oxygens (including phenoxy) is 1. The Labute approximate surface area is 172 Å². The molecule has 3 N–H and O–H groups in total. The Kier molecular flexibility index (Phi) is 7.68. The van der Waals surface area contributed by atoms with Crippen LogP contribution in [-0.4, -0.2) is 54.0 Å². The number of carbonyl (C=O) groups excluding carboxylic acids is 3. The lowest BCUT2D eigenvalue weighted by atomic mass is 10.1. The van der Waals surface area contributed by atoms with Gasteiger partial charge >= 0.3 is 5.97 Å². The first kappa shape index (κ1) is 21.8. The Morgan fingerprint density at radius 2 is 1.93 bits per heavy atom. The first-order valence-electron chi connectivity index (χ1n) is 8.60. The van der Waals surface area contributed by atoms with Crippen molar-refractivity contribution in [1.82, 2.24) is 20.6 Å². The third-order valence-corrected chi connectivity index (χ3v) is 4.72. The van der Waals surface area contributed by atoms with Crippen LogP contribution in [-0.2, 0) is 9.53 Å². The van der Waals surface area contributed by atoms with Crippen LogP contribution in [0.1, 0.15) is 31.4 Å². The predicted molar refractivity (Wildman–Crippen MR) is 109 cm³/mol. The van der Waals surface area contributed by atoms with E-state index < -0.39 is 17.9 Å². The molecular formula is C19H21N5O4S. The molecule has 0 radical (unpaired) electrons. The van der Waals surface area contributed by atoms with Crippen LogP contribution >= 0.6 is 11.3 Å². The predicted octanol–water partition coefficient (Wildman–Crippen LogP) is 0.901. The molecule has 2 aromatic rings. The molecule has 2 amide bonds. The maximum absolute atomic E-state index is 12.8. The number of nitrogens with zero attached hydrogens (tertiary/aromatic N) is 2. The summed E-state index contributed by atoms with van der Waals surface area (Å²) in [6, 6.07) is 2.33. The summed E-state index contributed by atoms with van der Waals surface area (Å²) < 4.78 is 4.73. The number of hydrogen-bond acceptors (Lipinski definition) is 8. The summed E-state index contributed by atoms with van der Waals surface area (Å²) in [6.45, 7) is 3.42. The molecule has 0 fully saturated rings. The van der Waals surface area contributed by atoms with Gasteiger partial charge < -0.3 is 20.7 Å². The maximum atomic E-state index is 12.8. The number of esters is 1. The number of rotatable bonds is 8. The molecule has 0 aliphatic rings. The van der Waals surface area contributed by atoms with Crippen molar-refractivity contribution >= 4 is 35.1 Å². The van der Waals surface area contributed by atoms with E-state index in [4.69, 9.17) is 11.2 Å². The van der Waals surface area contributed by atoms with Crippen LogP contribution < -0.4 is 16.0 Å². The highest BCUT2D eigenvalue weighted by atomic mass is 32.1. The first-order valence-corrected chi connectivity index (χ1v) is 9.48. The average molecular weight is 415 g/mol. The smallest absolute Gasteiger partial charge is 0.330 e. The van der Waals surface area contributed by atoms with Crippen molar-refractivity contribution in [3.8, 4) is 12.3 Å². The second kappa shape index (κ2) is 10.2. The van der Waals surface area contributed by atoms with Crippen molar-refractivity contribution in [3.63, 3.8) is 0 Å². The highest BCUT2D eigenvalue weighted by Crippen LogP contribution is 2.13. The fraction of sp³-hybridized carbons (Fsp3) is 0.316. The summed E-state index contributed by atoms with van der Waals surface area (Å²) in [5, 5.41) is 9.80. The van der Waals surface area contributed by atoms with E-state index in [1.54, 1.807) is 31.4 Å². The van der Waals surface area contributed by atoms with Crippen molar-refractivity contribution in [2.24, 2.45) is 0 Å². The fourth-order valence-electron chi connectivity index (χ4n) is 2.51. The van der Waals surface area contributed by atoms with Crippen molar-refractivity contribution in [2.45, 2.75) is 19.9 Å². The maximum Gasteiger partial charge on any atom is 0.330 e. The Morgan fingerprint density at radius 1 is 1.24 bits per heavy atom. The van der Waals surface area contributed by atoms with Crippen molar-refractivity contribution in [2.75, 3.05) is 25.5 Å².